The van der Waals surface area contributed by atoms with E-state index in [0.717, 1.165) is 31.6 Å². The van der Waals surface area contributed by atoms with E-state index in [1.165, 1.54) is 11.1 Å². The highest BCUT2D eigenvalue weighted by Gasteiger charge is 2.12. The van der Waals surface area contributed by atoms with Gasteiger partial charge in [-0.05, 0) is 42.9 Å². The molecule has 0 aromatic heterocycles. The fourth-order valence-corrected chi connectivity index (χ4v) is 2.20. The molecule has 1 aromatic carbocycles. The first-order valence-electron chi connectivity index (χ1n) is 6.33. The van der Waals surface area contributed by atoms with Crippen LogP contribution in [-0.2, 0) is 12.8 Å². The molecule has 1 atom stereocenters. The minimum absolute atomic E-state index is 0.160. The molecule has 1 heterocycles. The van der Waals surface area contributed by atoms with Gasteiger partial charge in [-0.25, -0.2) is 0 Å². The lowest BCUT2D eigenvalue weighted by molar-refractivity contribution is 0.141. The van der Waals surface area contributed by atoms with Crippen LogP contribution in [0.15, 0.2) is 18.2 Å². The Labute approximate surface area is 102 Å². The van der Waals surface area contributed by atoms with Crippen LogP contribution in [0.4, 0.5) is 0 Å². The highest BCUT2D eigenvalue weighted by molar-refractivity contribution is 5.39. The second-order valence-corrected chi connectivity index (χ2v) is 4.60. The maximum Gasteiger partial charge on any atom is 0.122 e. The summed E-state index contributed by atoms with van der Waals surface area (Å²) < 4.78 is 5.45. The third-order valence-electron chi connectivity index (χ3n) is 3.22. The summed E-state index contributed by atoms with van der Waals surface area (Å²) in [6.07, 6.45) is 3.71. The zero-order valence-electron chi connectivity index (χ0n) is 10.1. The standard InChI is InChI=1S/C14H20O3/c15-8-1-2-13(16)5-3-11-4-6-14-12(10-11)7-9-17-14/h4,6,10,13,15-16H,1-3,5,7-9H2. The molecule has 3 heteroatoms. The van der Waals surface area contributed by atoms with Crippen molar-refractivity contribution >= 4 is 0 Å². The highest BCUT2D eigenvalue weighted by Crippen LogP contribution is 2.26. The van der Waals surface area contributed by atoms with Gasteiger partial charge in [-0.1, -0.05) is 12.1 Å². The number of benzene rings is 1. The molecule has 1 aliphatic heterocycles. The van der Waals surface area contributed by atoms with Crippen molar-refractivity contribution in [2.24, 2.45) is 0 Å². The van der Waals surface area contributed by atoms with E-state index in [-0.39, 0.29) is 12.7 Å². The van der Waals surface area contributed by atoms with Crippen molar-refractivity contribution < 1.29 is 14.9 Å². The molecule has 2 rings (SSSR count). The second-order valence-electron chi connectivity index (χ2n) is 4.60. The Morgan fingerprint density at radius 3 is 3.00 bits per heavy atom. The largest absolute Gasteiger partial charge is 0.493 e. The number of aryl methyl sites for hydroxylation is 1. The van der Waals surface area contributed by atoms with E-state index in [1.807, 2.05) is 6.07 Å². The molecule has 0 saturated heterocycles. The number of rotatable bonds is 6. The molecule has 0 bridgehead atoms. The van der Waals surface area contributed by atoms with Crippen LogP contribution in [0.25, 0.3) is 0 Å². The first-order valence-corrected chi connectivity index (χ1v) is 6.33. The summed E-state index contributed by atoms with van der Waals surface area (Å²) in [5.74, 6) is 1.01. The van der Waals surface area contributed by atoms with Crippen molar-refractivity contribution in [3.05, 3.63) is 29.3 Å². The molecule has 2 N–H and O–H groups in total. The molecular formula is C14H20O3. The van der Waals surface area contributed by atoms with Gasteiger partial charge in [0, 0.05) is 13.0 Å². The van der Waals surface area contributed by atoms with E-state index >= 15 is 0 Å². The van der Waals surface area contributed by atoms with Gasteiger partial charge in [0.05, 0.1) is 12.7 Å². The van der Waals surface area contributed by atoms with Crippen molar-refractivity contribution in [3.8, 4) is 5.75 Å². The van der Waals surface area contributed by atoms with E-state index in [0.29, 0.717) is 12.8 Å². The highest BCUT2D eigenvalue weighted by atomic mass is 16.5. The van der Waals surface area contributed by atoms with Crippen molar-refractivity contribution in [1.29, 1.82) is 0 Å². The minimum atomic E-state index is -0.299. The average Bonchev–Trinajstić information content (AvgIpc) is 2.81. The van der Waals surface area contributed by atoms with Crippen molar-refractivity contribution in [2.75, 3.05) is 13.2 Å². The van der Waals surface area contributed by atoms with E-state index in [4.69, 9.17) is 9.84 Å². The Balaban J connectivity index is 1.83. The van der Waals surface area contributed by atoms with E-state index in [1.54, 1.807) is 0 Å². The Morgan fingerprint density at radius 2 is 2.18 bits per heavy atom. The second kappa shape index (κ2) is 6.03. The van der Waals surface area contributed by atoms with Gasteiger partial charge in [0.1, 0.15) is 5.75 Å². The fourth-order valence-electron chi connectivity index (χ4n) is 2.20. The summed E-state index contributed by atoms with van der Waals surface area (Å²) in [6.45, 7) is 0.950. The van der Waals surface area contributed by atoms with Crippen LogP contribution in [0.5, 0.6) is 5.75 Å². The van der Waals surface area contributed by atoms with Crippen LogP contribution in [0.1, 0.15) is 30.4 Å². The molecule has 0 aliphatic carbocycles. The van der Waals surface area contributed by atoms with E-state index in [9.17, 15) is 5.11 Å². The van der Waals surface area contributed by atoms with Crippen molar-refractivity contribution in [2.45, 2.75) is 38.2 Å². The van der Waals surface area contributed by atoms with Gasteiger partial charge >= 0.3 is 0 Å². The number of hydrogen-bond acceptors (Lipinski definition) is 3. The van der Waals surface area contributed by atoms with Crippen LogP contribution in [-0.4, -0.2) is 29.5 Å². The zero-order valence-corrected chi connectivity index (χ0v) is 10.1. The number of aliphatic hydroxyl groups excluding tert-OH is 2. The first-order chi connectivity index (χ1) is 8.29. The molecule has 0 radical (unpaired) electrons. The monoisotopic (exact) mass is 236 g/mol. The summed E-state index contributed by atoms with van der Waals surface area (Å²) in [5, 5.41) is 18.4. The van der Waals surface area contributed by atoms with Gasteiger partial charge in [0.25, 0.3) is 0 Å². The van der Waals surface area contributed by atoms with Crippen LogP contribution in [0.3, 0.4) is 0 Å². The predicted octanol–water partition coefficient (Wildman–Crippen LogP) is 1.69. The topological polar surface area (TPSA) is 49.7 Å². The summed E-state index contributed by atoms with van der Waals surface area (Å²) in [7, 11) is 0. The van der Waals surface area contributed by atoms with Gasteiger partial charge in [0.2, 0.25) is 0 Å². The normalized spacial score (nSPS) is 15.4. The van der Waals surface area contributed by atoms with Crippen LogP contribution in [0, 0.1) is 0 Å². The molecule has 17 heavy (non-hydrogen) atoms. The van der Waals surface area contributed by atoms with Gasteiger partial charge < -0.3 is 14.9 Å². The molecule has 0 amide bonds. The first kappa shape index (κ1) is 12.4. The molecule has 3 nitrogen and oxygen atoms in total. The molecule has 94 valence electrons. The summed E-state index contributed by atoms with van der Waals surface area (Å²) >= 11 is 0. The SMILES string of the molecule is OCCCC(O)CCc1ccc2c(c1)CCO2. The van der Waals surface area contributed by atoms with Gasteiger partial charge in [0.15, 0.2) is 0 Å². The van der Waals surface area contributed by atoms with E-state index < -0.39 is 0 Å². The quantitative estimate of drug-likeness (QED) is 0.790. The average molecular weight is 236 g/mol. The molecule has 1 aromatic rings. The molecule has 0 saturated carbocycles. The summed E-state index contributed by atoms with van der Waals surface area (Å²) in [5.41, 5.74) is 2.55. The lowest BCUT2D eigenvalue weighted by Crippen LogP contribution is -2.08. The molecule has 0 fully saturated rings. The van der Waals surface area contributed by atoms with Crippen molar-refractivity contribution in [1.82, 2.24) is 0 Å². The summed E-state index contributed by atoms with van der Waals surface area (Å²) in [6, 6.07) is 6.28. The maximum absolute atomic E-state index is 9.70. The third-order valence-corrected chi connectivity index (χ3v) is 3.22. The van der Waals surface area contributed by atoms with Gasteiger partial charge in [-0.15, -0.1) is 0 Å². The van der Waals surface area contributed by atoms with Crippen LogP contribution >= 0.6 is 0 Å². The van der Waals surface area contributed by atoms with E-state index in [2.05, 4.69) is 12.1 Å². The lowest BCUT2D eigenvalue weighted by atomic mass is 10.0. The van der Waals surface area contributed by atoms with Crippen molar-refractivity contribution in [3.63, 3.8) is 0 Å². The Morgan fingerprint density at radius 1 is 1.29 bits per heavy atom. The number of aliphatic hydroxyl groups is 2. The molecule has 0 spiro atoms. The Bertz CT molecular complexity index is 362. The van der Waals surface area contributed by atoms with Crippen LogP contribution in [0.2, 0.25) is 0 Å². The molecule has 1 unspecified atom stereocenters. The Kier molecular flexibility index (Phi) is 4.40. The minimum Gasteiger partial charge on any atom is -0.493 e. The van der Waals surface area contributed by atoms with Gasteiger partial charge in [-0.2, -0.15) is 0 Å². The Hall–Kier alpha value is -1.06. The summed E-state index contributed by atoms with van der Waals surface area (Å²) in [4.78, 5) is 0. The smallest absolute Gasteiger partial charge is 0.122 e. The number of hydrogen-bond donors (Lipinski definition) is 2. The third kappa shape index (κ3) is 3.45. The number of ether oxygens (including phenoxy) is 1. The molecular weight excluding hydrogens is 216 g/mol. The number of fused-ring (bicyclic) bond motifs is 1. The van der Waals surface area contributed by atoms with Gasteiger partial charge in [-0.3, -0.25) is 0 Å². The fraction of sp³-hybridized carbons (Fsp3) is 0.571. The maximum atomic E-state index is 9.70. The zero-order chi connectivity index (χ0) is 12.1. The predicted molar refractivity (Wildman–Crippen MR) is 66.3 cm³/mol. The van der Waals surface area contributed by atoms with Crippen LogP contribution < -0.4 is 4.74 Å². The lowest BCUT2D eigenvalue weighted by Gasteiger charge is -2.10. The molecule has 1 aliphatic rings.